The fraction of sp³-hybridized carbons (Fsp3) is 0.615. The van der Waals surface area contributed by atoms with Crippen molar-refractivity contribution >= 4 is 32.1 Å². The van der Waals surface area contributed by atoms with E-state index in [9.17, 15) is 14.7 Å². The Hall–Kier alpha value is -1.61. The summed E-state index contributed by atoms with van der Waals surface area (Å²) in [6, 6.07) is 9.30. The predicted molar refractivity (Wildman–Crippen MR) is 141 cm³/mol. The lowest BCUT2D eigenvalue weighted by Gasteiger charge is -2.42. The van der Waals surface area contributed by atoms with Crippen molar-refractivity contribution in [1.82, 2.24) is 4.90 Å². The summed E-state index contributed by atoms with van der Waals surface area (Å²) < 4.78 is 11.9. The largest absolute Gasteiger partial charge is 0.447 e. The Labute approximate surface area is 210 Å². The Balaban J connectivity index is 2.24. The molecule has 2 amide bonds. The zero-order valence-corrected chi connectivity index (χ0v) is 23.6. The first kappa shape index (κ1) is 28.6. The highest BCUT2D eigenvalue weighted by Crippen LogP contribution is 2.40. The number of cyclic esters (lactones) is 1. The van der Waals surface area contributed by atoms with Gasteiger partial charge in [-0.25, -0.2) is 9.69 Å². The van der Waals surface area contributed by atoms with Crippen molar-refractivity contribution in [3.05, 3.63) is 48.0 Å². The monoisotopic (exact) mass is 507 g/mol. The topological polar surface area (TPSA) is 76.1 Å². The lowest BCUT2D eigenvalue weighted by Crippen LogP contribution is -2.52. The second-order valence-electron chi connectivity index (χ2n) is 10.8. The predicted octanol–water partition coefficient (Wildman–Crippen LogP) is 5.27. The van der Waals surface area contributed by atoms with E-state index >= 15 is 0 Å². The fourth-order valence-corrected chi connectivity index (χ4v) is 6.14. The number of imide groups is 1. The van der Waals surface area contributed by atoms with Crippen LogP contribution in [-0.2, 0) is 20.4 Å². The normalized spacial score (nSPS) is 20.4. The Morgan fingerprint density at radius 2 is 1.91 bits per heavy atom. The van der Waals surface area contributed by atoms with E-state index in [2.05, 4.69) is 40.4 Å². The lowest BCUT2D eigenvalue weighted by molar-refractivity contribution is -0.131. The van der Waals surface area contributed by atoms with Crippen LogP contribution in [0.1, 0.15) is 40.2 Å². The maximum absolute atomic E-state index is 13.6. The van der Waals surface area contributed by atoms with E-state index in [0.717, 1.165) is 11.1 Å². The van der Waals surface area contributed by atoms with Crippen LogP contribution < -0.4 is 0 Å². The number of hydrogen-bond acceptors (Lipinski definition) is 6. The minimum Gasteiger partial charge on any atom is -0.447 e. The quantitative estimate of drug-likeness (QED) is 0.343. The van der Waals surface area contributed by atoms with Gasteiger partial charge in [0.05, 0.1) is 18.2 Å². The number of thioether (sulfide) groups is 1. The molecule has 0 unspecified atom stereocenters. The van der Waals surface area contributed by atoms with Crippen LogP contribution in [0.25, 0.3) is 0 Å². The smallest absolute Gasteiger partial charge is 0.417 e. The van der Waals surface area contributed by atoms with Gasteiger partial charge in [-0.3, -0.25) is 4.79 Å². The first-order valence-electron chi connectivity index (χ1n) is 11.8. The van der Waals surface area contributed by atoms with Gasteiger partial charge in [0, 0.05) is 5.92 Å². The number of hydrogen-bond donors (Lipinski definition) is 1. The summed E-state index contributed by atoms with van der Waals surface area (Å²) in [5.74, 6) is -0.817. The maximum atomic E-state index is 13.6. The molecule has 0 radical (unpaired) electrons. The van der Waals surface area contributed by atoms with Crippen LogP contribution in [0.4, 0.5) is 4.79 Å². The van der Waals surface area contributed by atoms with Crippen LogP contribution in [0.2, 0.25) is 18.1 Å². The molecule has 0 aromatic heterocycles. The van der Waals surface area contributed by atoms with E-state index in [4.69, 9.17) is 9.16 Å². The number of amides is 2. The molecule has 190 valence electrons. The molecule has 6 nitrogen and oxygen atoms in total. The number of aliphatic hydroxyl groups is 1. The van der Waals surface area contributed by atoms with E-state index in [1.165, 1.54) is 16.7 Å². The Morgan fingerprint density at radius 1 is 1.32 bits per heavy atom. The van der Waals surface area contributed by atoms with Crippen molar-refractivity contribution in [2.24, 2.45) is 5.92 Å². The van der Waals surface area contributed by atoms with Gasteiger partial charge in [-0.2, -0.15) is 0 Å². The standard InChI is InChI=1S/C26H41NO5SSi/c1-17(2)22(32-34(8,9)26(4,5)6)18(3)21(28)23(33-7)24(29)27-20(16-31-25(27)30)15-19-13-11-10-12-14-19/h10-14,18,20-23,28H,1,15-16H2,2-9H3/t18-,20-,21+,22-,23-/m0/s1. The number of carbonyl (C=O) groups excluding carboxylic acids is 2. The highest BCUT2D eigenvalue weighted by molar-refractivity contribution is 8.00. The highest BCUT2D eigenvalue weighted by Gasteiger charge is 2.46. The van der Waals surface area contributed by atoms with E-state index in [1.54, 1.807) is 6.26 Å². The number of rotatable bonds is 10. The van der Waals surface area contributed by atoms with Crippen molar-refractivity contribution in [3.8, 4) is 0 Å². The SMILES string of the molecule is C=C(C)[C@H](O[Si](C)(C)C(C)(C)C)[C@@H](C)[C@@H](O)[C@H](SC)C(=O)N1C(=O)OC[C@@H]1Cc1ccccc1. The first-order valence-corrected chi connectivity index (χ1v) is 16.0. The molecular weight excluding hydrogens is 466 g/mol. The molecule has 1 N–H and O–H groups in total. The average molecular weight is 508 g/mol. The summed E-state index contributed by atoms with van der Waals surface area (Å²) in [6.45, 7) is 18.8. The van der Waals surface area contributed by atoms with Gasteiger partial charge in [-0.15, -0.1) is 11.8 Å². The Bertz CT molecular complexity index is 870. The van der Waals surface area contributed by atoms with Crippen molar-refractivity contribution in [2.45, 2.75) is 82.7 Å². The molecule has 1 saturated heterocycles. The van der Waals surface area contributed by atoms with Crippen molar-refractivity contribution in [2.75, 3.05) is 12.9 Å². The minimum atomic E-state index is -2.15. The summed E-state index contributed by atoms with van der Waals surface area (Å²) in [5.41, 5.74) is 1.83. The van der Waals surface area contributed by atoms with Gasteiger partial charge >= 0.3 is 6.09 Å². The van der Waals surface area contributed by atoms with Crippen molar-refractivity contribution in [3.63, 3.8) is 0 Å². The summed E-state index contributed by atoms with van der Waals surface area (Å²) in [5, 5.41) is 10.5. The number of benzene rings is 1. The summed E-state index contributed by atoms with van der Waals surface area (Å²) >= 11 is 1.24. The first-order chi connectivity index (χ1) is 15.7. The number of ether oxygens (including phenoxy) is 1. The molecule has 34 heavy (non-hydrogen) atoms. The molecule has 1 aromatic carbocycles. The number of aliphatic hydroxyl groups excluding tert-OH is 1. The van der Waals surface area contributed by atoms with Crippen LogP contribution in [0, 0.1) is 5.92 Å². The molecule has 0 saturated carbocycles. The lowest BCUT2D eigenvalue weighted by atomic mass is 9.91. The Morgan fingerprint density at radius 3 is 2.41 bits per heavy atom. The number of nitrogens with zero attached hydrogens (tertiary/aromatic N) is 1. The third-order valence-electron chi connectivity index (χ3n) is 7.05. The highest BCUT2D eigenvalue weighted by atomic mass is 32.2. The van der Waals surface area contributed by atoms with Gasteiger partial charge < -0.3 is 14.3 Å². The molecule has 1 heterocycles. The maximum Gasteiger partial charge on any atom is 0.417 e. The molecule has 5 atom stereocenters. The second-order valence-corrected chi connectivity index (χ2v) is 16.5. The molecule has 0 aliphatic carbocycles. The van der Waals surface area contributed by atoms with E-state index in [-0.39, 0.29) is 17.6 Å². The summed E-state index contributed by atoms with van der Waals surface area (Å²) in [4.78, 5) is 27.3. The third-order valence-corrected chi connectivity index (χ3v) is 12.5. The van der Waals surface area contributed by atoms with Crippen molar-refractivity contribution < 1.29 is 23.9 Å². The molecule has 0 bridgehead atoms. The zero-order chi connectivity index (χ0) is 25.8. The van der Waals surface area contributed by atoms with Gasteiger partial charge in [0.25, 0.3) is 0 Å². The van der Waals surface area contributed by atoms with Gasteiger partial charge in [-0.05, 0) is 43.3 Å². The molecule has 1 aliphatic heterocycles. The van der Waals surface area contributed by atoms with Crippen molar-refractivity contribution in [1.29, 1.82) is 0 Å². The summed E-state index contributed by atoms with van der Waals surface area (Å²) in [6.07, 6.45) is 0.201. The third kappa shape index (κ3) is 6.53. The molecule has 1 aliphatic rings. The van der Waals surface area contributed by atoms with Crippen LogP contribution in [0.15, 0.2) is 42.5 Å². The van der Waals surface area contributed by atoms with E-state index < -0.39 is 43.8 Å². The number of carbonyl (C=O) groups is 2. The van der Waals surface area contributed by atoms with Gasteiger partial charge in [0.2, 0.25) is 5.91 Å². The fourth-order valence-electron chi connectivity index (χ4n) is 3.90. The van der Waals surface area contributed by atoms with Gasteiger partial charge in [0.15, 0.2) is 8.32 Å². The second kappa shape index (κ2) is 11.4. The van der Waals surface area contributed by atoms with Gasteiger partial charge in [-0.1, -0.05) is 70.2 Å². The molecule has 2 rings (SSSR count). The van der Waals surface area contributed by atoms with Gasteiger partial charge in [0.1, 0.15) is 11.9 Å². The molecule has 8 heteroatoms. The van der Waals surface area contributed by atoms with E-state index in [0.29, 0.717) is 6.42 Å². The molecule has 1 aromatic rings. The van der Waals surface area contributed by atoms with Crippen LogP contribution in [0.3, 0.4) is 0 Å². The minimum absolute atomic E-state index is 0.00985. The van der Waals surface area contributed by atoms with Crippen LogP contribution in [0.5, 0.6) is 0 Å². The molecule has 1 fully saturated rings. The molecule has 0 spiro atoms. The van der Waals surface area contributed by atoms with Crippen LogP contribution >= 0.6 is 11.8 Å². The van der Waals surface area contributed by atoms with E-state index in [1.807, 2.05) is 44.2 Å². The summed E-state index contributed by atoms with van der Waals surface area (Å²) in [7, 11) is -2.15. The average Bonchev–Trinajstić information content (AvgIpc) is 3.11. The molecular formula is C26H41NO5SSi. The Kier molecular flexibility index (Phi) is 9.61. The zero-order valence-electron chi connectivity index (χ0n) is 21.8. The van der Waals surface area contributed by atoms with Crippen LogP contribution in [-0.4, -0.2) is 66.7 Å².